The molecule has 2 aliphatic heterocycles. The lowest BCUT2D eigenvalue weighted by Crippen LogP contribution is -2.42. The minimum Gasteiger partial charge on any atom is -0.355 e. The Kier molecular flexibility index (Phi) is 6.76. The molecule has 180 valence electrons. The molecule has 1 aromatic carbocycles. The third kappa shape index (κ3) is 4.78. The largest absolute Gasteiger partial charge is 0.355 e. The highest BCUT2D eigenvalue weighted by Crippen LogP contribution is 2.32. The molecule has 0 radical (unpaired) electrons. The van der Waals surface area contributed by atoms with Gasteiger partial charge in [0.2, 0.25) is 5.95 Å². The molecule has 0 amide bonds. The molecule has 0 atom stereocenters. The number of rotatable bonds is 6. The fourth-order valence-electron chi connectivity index (χ4n) is 5.17. The van der Waals surface area contributed by atoms with Crippen LogP contribution in [-0.4, -0.2) is 78.2 Å². The fraction of sp³-hybridized carbons (Fsp3) is 0.538. The van der Waals surface area contributed by atoms with Gasteiger partial charge in [0.1, 0.15) is 17.4 Å². The minimum absolute atomic E-state index is 0.620. The van der Waals surface area contributed by atoms with Crippen molar-refractivity contribution in [1.82, 2.24) is 24.8 Å². The molecule has 8 nitrogen and oxygen atoms in total. The highest BCUT2D eigenvalue weighted by atomic mass is 15.3. The van der Waals surface area contributed by atoms with Gasteiger partial charge in [-0.1, -0.05) is 30.3 Å². The molecule has 34 heavy (non-hydrogen) atoms. The van der Waals surface area contributed by atoms with Gasteiger partial charge in [0.05, 0.1) is 0 Å². The van der Waals surface area contributed by atoms with Crippen LogP contribution in [0.5, 0.6) is 0 Å². The highest BCUT2D eigenvalue weighted by Gasteiger charge is 2.26. The monoisotopic (exact) mass is 460 g/mol. The van der Waals surface area contributed by atoms with Crippen LogP contribution in [0.25, 0.3) is 11.0 Å². The first kappa shape index (κ1) is 22.8. The molecule has 0 aliphatic carbocycles. The molecular weight excluding hydrogens is 424 g/mol. The Labute approximate surface area is 202 Å². The molecule has 4 heterocycles. The molecule has 3 aromatic rings. The molecule has 0 unspecified atom stereocenters. The molecule has 0 saturated carbocycles. The summed E-state index contributed by atoms with van der Waals surface area (Å²) in [5, 5.41) is 0. The van der Waals surface area contributed by atoms with Crippen molar-refractivity contribution in [3.8, 4) is 0 Å². The van der Waals surface area contributed by atoms with E-state index in [9.17, 15) is 0 Å². The molecule has 5 rings (SSSR count). The first-order chi connectivity index (χ1) is 16.6. The van der Waals surface area contributed by atoms with Gasteiger partial charge in [-0.05, 0) is 51.8 Å². The van der Waals surface area contributed by atoms with Crippen LogP contribution in [0.2, 0.25) is 0 Å². The Morgan fingerprint density at radius 3 is 2.26 bits per heavy atom. The summed E-state index contributed by atoms with van der Waals surface area (Å²) in [7, 11) is 6.43. The van der Waals surface area contributed by atoms with Crippen LogP contribution in [0.15, 0.2) is 36.7 Å². The maximum Gasteiger partial charge on any atom is 0.228 e. The third-order valence-electron chi connectivity index (χ3n) is 7.19. The van der Waals surface area contributed by atoms with Crippen molar-refractivity contribution in [2.45, 2.75) is 44.7 Å². The van der Waals surface area contributed by atoms with Crippen molar-refractivity contribution in [1.29, 1.82) is 0 Å². The maximum atomic E-state index is 5.12. The van der Waals surface area contributed by atoms with E-state index in [1.165, 1.54) is 24.8 Å². The molecule has 0 spiro atoms. The van der Waals surface area contributed by atoms with Crippen molar-refractivity contribution in [3.05, 3.63) is 42.2 Å². The van der Waals surface area contributed by atoms with E-state index in [0.717, 1.165) is 74.2 Å². The second kappa shape index (κ2) is 10.1. The smallest absolute Gasteiger partial charge is 0.228 e. The van der Waals surface area contributed by atoms with Crippen molar-refractivity contribution in [2.24, 2.45) is 0 Å². The summed E-state index contributed by atoms with van der Waals surface area (Å²) < 4.78 is 0. The highest BCUT2D eigenvalue weighted by molar-refractivity contribution is 5.94. The van der Waals surface area contributed by atoms with Gasteiger partial charge >= 0.3 is 0 Å². The Balaban J connectivity index is 1.54. The van der Waals surface area contributed by atoms with Gasteiger partial charge in [0.25, 0.3) is 0 Å². The van der Waals surface area contributed by atoms with E-state index in [4.69, 9.17) is 19.9 Å². The van der Waals surface area contributed by atoms with Crippen molar-refractivity contribution in [2.75, 3.05) is 62.0 Å². The second-order valence-electron chi connectivity index (χ2n) is 9.81. The summed E-state index contributed by atoms with van der Waals surface area (Å²) in [4.78, 5) is 28.9. The number of hydrogen-bond acceptors (Lipinski definition) is 8. The first-order valence-corrected chi connectivity index (χ1v) is 12.5. The number of piperidine rings is 2. The van der Waals surface area contributed by atoms with Gasteiger partial charge in [-0.15, -0.1) is 0 Å². The van der Waals surface area contributed by atoms with Crippen LogP contribution in [-0.2, 0) is 6.54 Å². The summed E-state index contributed by atoms with van der Waals surface area (Å²) in [6.07, 6.45) is 7.59. The maximum absolute atomic E-state index is 5.12. The van der Waals surface area contributed by atoms with Crippen molar-refractivity contribution < 1.29 is 0 Å². The first-order valence-electron chi connectivity index (χ1n) is 12.5. The van der Waals surface area contributed by atoms with E-state index >= 15 is 0 Å². The van der Waals surface area contributed by atoms with Crippen LogP contribution in [0.1, 0.15) is 37.7 Å². The Morgan fingerprint density at radius 2 is 1.56 bits per heavy atom. The molecule has 0 bridgehead atoms. The molecule has 8 heteroatoms. The average molecular weight is 461 g/mol. The lowest BCUT2D eigenvalue weighted by Gasteiger charge is -2.36. The number of benzene rings is 1. The molecule has 2 saturated heterocycles. The van der Waals surface area contributed by atoms with Gasteiger partial charge in [0, 0.05) is 45.8 Å². The standard InChI is InChI=1S/C26H36N8/c1-31(2)21-12-16-34(17-13-21)26-29-23-22(25(30-26)33-14-8-5-9-15-33)27-19-28-24(23)32(3)18-20-10-6-4-7-11-20/h4,6-7,10-11,19,21H,5,8-9,12-18H2,1-3H3. The summed E-state index contributed by atoms with van der Waals surface area (Å²) >= 11 is 0. The van der Waals surface area contributed by atoms with Gasteiger partial charge in [-0.2, -0.15) is 4.98 Å². The number of nitrogens with zero attached hydrogens (tertiary/aromatic N) is 8. The molecule has 0 N–H and O–H groups in total. The normalized spacial score (nSPS) is 17.5. The lowest BCUT2D eigenvalue weighted by atomic mass is 10.0. The predicted octanol–water partition coefficient (Wildman–Crippen LogP) is 3.58. The van der Waals surface area contributed by atoms with Crippen molar-refractivity contribution >= 4 is 28.6 Å². The van der Waals surface area contributed by atoms with E-state index < -0.39 is 0 Å². The summed E-state index contributed by atoms with van der Waals surface area (Å²) in [6, 6.07) is 11.1. The van der Waals surface area contributed by atoms with Crippen LogP contribution in [0.3, 0.4) is 0 Å². The minimum atomic E-state index is 0.620. The number of anilines is 3. The summed E-state index contributed by atoms with van der Waals surface area (Å²) in [5.41, 5.74) is 2.95. The van der Waals surface area contributed by atoms with Crippen LogP contribution < -0.4 is 14.7 Å². The lowest BCUT2D eigenvalue weighted by molar-refractivity contribution is 0.249. The van der Waals surface area contributed by atoms with E-state index in [1.807, 2.05) is 6.07 Å². The van der Waals surface area contributed by atoms with Crippen LogP contribution >= 0.6 is 0 Å². The van der Waals surface area contributed by atoms with E-state index in [0.29, 0.717) is 6.04 Å². The fourth-order valence-corrected chi connectivity index (χ4v) is 5.17. The summed E-state index contributed by atoms with van der Waals surface area (Å²) in [6.45, 7) is 4.74. The zero-order chi connectivity index (χ0) is 23.5. The average Bonchev–Trinajstić information content (AvgIpc) is 2.89. The van der Waals surface area contributed by atoms with Crippen LogP contribution in [0, 0.1) is 0 Å². The zero-order valence-corrected chi connectivity index (χ0v) is 20.7. The zero-order valence-electron chi connectivity index (χ0n) is 20.7. The van der Waals surface area contributed by atoms with Gasteiger partial charge < -0.3 is 19.6 Å². The SMILES string of the molecule is CN(Cc1ccccc1)c1ncnc2c(N3CCCCC3)nc(N3CCC(N(C)C)CC3)nc12. The predicted molar refractivity (Wildman–Crippen MR) is 139 cm³/mol. The number of aromatic nitrogens is 4. The van der Waals surface area contributed by atoms with Crippen molar-refractivity contribution in [3.63, 3.8) is 0 Å². The summed E-state index contributed by atoms with van der Waals surface area (Å²) in [5.74, 6) is 2.64. The number of hydrogen-bond donors (Lipinski definition) is 0. The molecule has 2 aromatic heterocycles. The Bertz CT molecular complexity index is 1090. The second-order valence-corrected chi connectivity index (χ2v) is 9.81. The Hall–Kier alpha value is -3.00. The third-order valence-corrected chi connectivity index (χ3v) is 7.19. The number of fused-ring (bicyclic) bond motifs is 1. The quantitative estimate of drug-likeness (QED) is 0.553. The van der Waals surface area contributed by atoms with Crippen LogP contribution in [0.4, 0.5) is 17.6 Å². The Morgan fingerprint density at radius 1 is 0.824 bits per heavy atom. The van der Waals surface area contributed by atoms with Gasteiger partial charge in [-0.25, -0.2) is 15.0 Å². The van der Waals surface area contributed by atoms with E-state index in [-0.39, 0.29) is 0 Å². The van der Waals surface area contributed by atoms with E-state index in [1.54, 1.807) is 6.33 Å². The van der Waals surface area contributed by atoms with Gasteiger partial charge in [-0.3, -0.25) is 0 Å². The van der Waals surface area contributed by atoms with E-state index in [2.05, 4.69) is 65.0 Å². The molecular formula is C26H36N8. The van der Waals surface area contributed by atoms with Gasteiger partial charge in [0.15, 0.2) is 11.6 Å². The topological polar surface area (TPSA) is 64.5 Å². The molecule has 2 fully saturated rings. The molecule has 2 aliphatic rings.